The van der Waals surface area contributed by atoms with Crippen molar-refractivity contribution in [1.82, 2.24) is 0 Å². The zero-order valence-corrected chi connectivity index (χ0v) is 21.7. The molecule has 0 heterocycles. The number of unbranched alkanes of at least 4 members (excludes halogenated alkanes) is 18. The number of carboxylic acid groups (broad SMARTS) is 1. The van der Waals surface area contributed by atoms with Gasteiger partial charge in [0.05, 0.1) is 5.76 Å². The number of hydrogen-bond acceptors (Lipinski definition) is 3. The Morgan fingerprint density at radius 1 is 0.655 bits per heavy atom. The van der Waals surface area contributed by atoms with Crippen molar-refractivity contribution in [2.45, 2.75) is 142 Å². The predicted molar refractivity (Wildman–Crippen MR) is 118 cm³/mol. The molecule has 0 aromatic heterocycles. The molecule has 166 valence electrons. The third-order valence-electron chi connectivity index (χ3n) is 5.54. The van der Waals surface area contributed by atoms with Gasteiger partial charge in [-0.2, -0.15) is 0 Å². The molecule has 0 aliphatic rings. The van der Waals surface area contributed by atoms with Crippen LogP contribution >= 0.6 is 0 Å². The standard InChI is InChI=1S/C25H48O3.Na/c1-2-3-4-5-6-7-8-9-10-11-12-13-14-15-16-17-18-19-20-21-24(26)22-23-25(27)28;/h22,26H,2-21,23H2,1H3,(H,27,28);/q;+1/p-1. The van der Waals surface area contributed by atoms with Gasteiger partial charge in [0.2, 0.25) is 0 Å². The average Bonchev–Trinajstić information content (AvgIpc) is 2.68. The first kappa shape index (κ1) is 31.2. The maximum atomic E-state index is 10.3. The maximum Gasteiger partial charge on any atom is 1.00 e. The fraction of sp³-hybridized carbons (Fsp3) is 0.880. The molecule has 29 heavy (non-hydrogen) atoms. The number of aliphatic hydroxyl groups excluding tert-OH is 1. The first-order valence-corrected chi connectivity index (χ1v) is 12.2. The Bertz CT molecular complexity index is 369. The molecular weight excluding hydrogens is 371 g/mol. The van der Waals surface area contributed by atoms with Gasteiger partial charge in [0.15, 0.2) is 0 Å². The second-order valence-corrected chi connectivity index (χ2v) is 8.39. The number of carbonyl (C=O) groups is 1. The van der Waals surface area contributed by atoms with Gasteiger partial charge in [-0.25, -0.2) is 0 Å². The summed E-state index contributed by atoms with van der Waals surface area (Å²) in [7, 11) is 0. The Balaban J connectivity index is 0. The van der Waals surface area contributed by atoms with E-state index in [1.807, 2.05) is 0 Å². The van der Waals surface area contributed by atoms with Crippen LogP contribution in [0.5, 0.6) is 0 Å². The van der Waals surface area contributed by atoms with Crippen molar-refractivity contribution in [2.24, 2.45) is 0 Å². The molecule has 0 saturated carbocycles. The van der Waals surface area contributed by atoms with Gasteiger partial charge < -0.3 is 15.0 Å². The quantitative estimate of drug-likeness (QED) is 0.161. The molecule has 0 fully saturated rings. The minimum atomic E-state index is -1.14. The molecule has 0 aliphatic heterocycles. The first-order chi connectivity index (χ1) is 13.7. The Morgan fingerprint density at radius 2 is 0.966 bits per heavy atom. The van der Waals surface area contributed by atoms with Gasteiger partial charge in [-0.1, -0.05) is 122 Å². The van der Waals surface area contributed by atoms with E-state index in [2.05, 4.69) is 6.92 Å². The summed E-state index contributed by atoms with van der Waals surface area (Å²) < 4.78 is 0. The van der Waals surface area contributed by atoms with Crippen molar-refractivity contribution in [2.75, 3.05) is 0 Å². The number of carboxylic acids is 1. The smallest absolute Gasteiger partial charge is 0.550 e. The molecular formula is C25H47NaO3. The summed E-state index contributed by atoms with van der Waals surface area (Å²) in [5.41, 5.74) is 0. The van der Waals surface area contributed by atoms with Gasteiger partial charge >= 0.3 is 29.6 Å². The summed E-state index contributed by atoms with van der Waals surface area (Å²) in [6.07, 6.45) is 27.4. The molecule has 0 radical (unpaired) electrons. The molecule has 1 N–H and O–H groups in total. The molecule has 0 saturated heterocycles. The summed E-state index contributed by atoms with van der Waals surface area (Å²) in [5, 5.41) is 19.8. The van der Waals surface area contributed by atoms with Gasteiger partial charge in [-0.05, 0) is 12.5 Å². The molecule has 0 spiro atoms. The Labute approximate surface area is 203 Å². The number of carbonyl (C=O) groups excluding carboxylic acids is 1. The van der Waals surface area contributed by atoms with E-state index in [9.17, 15) is 15.0 Å². The van der Waals surface area contributed by atoms with Crippen LogP contribution in [-0.2, 0) is 4.79 Å². The second kappa shape index (κ2) is 26.0. The van der Waals surface area contributed by atoms with Gasteiger partial charge in [-0.3, -0.25) is 0 Å². The van der Waals surface area contributed by atoms with E-state index in [1.54, 1.807) is 0 Å². The molecule has 0 aromatic rings. The molecule has 0 aromatic carbocycles. The maximum absolute atomic E-state index is 10.3. The molecule has 0 amide bonds. The summed E-state index contributed by atoms with van der Waals surface area (Å²) in [6, 6.07) is 0. The minimum Gasteiger partial charge on any atom is -0.550 e. The van der Waals surface area contributed by atoms with Crippen LogP contribution in [0.15, 0.2) is 11.8 Å². The summed E-state index contributed by atoms with van der Waals surface area (Å²) >= 11 is 0. The number of aliphatic hydroxyl groups is 1. The number of rotatable bonds is 22. The van der Waals surface area contributed by atoms with Gasteiger partial charge in [-0.15, -0.1) is 0 Å². The molecule has 4 heteroatoms. The van der Waals surface area contributed by atoms with E-state index in [0.717, 1.165) is 12.8 Å². The van der Waals surface area contributed by atoms with Crippen LogP contribution in [0.1, 0.15) is 142 Å². The van der Waals surface area contributed by atoms with Crippen LogP contribution < -0.4 is 34.7 Å². The Kier molecular flexibility index (Phi) is 28.0. The second-order valence-electron chi connectivity index (χ2n) is 8.39. The Morgan fingerprint density at radius 3 is 1.28 bits per heavy atom. The summed E-state index contributed by atoms with van der Waals surface area (Å²) in [5.74, 6) is -0.948. The van der Waals surface area contributed by atoms with Crippen molar-refractivity contribution < 1.29 is 44.6 Å². The van der Waals surface area contributed by atoms with E-state index >= 15 is 0 Å². The van der Waals surface area contributed by atoms with E-state index < -0.39 is 5.97 Å². The molecule has 3 nitrogen and oxygen atoms in total. The largest absolute Gasteiger partial charge is 1.00 e. The zero-order chi connectivity index (χ0) is 20.7. The Hall–Kier alpha value is 0.0100. The van der Waals surface area contributed by atoms with Crippen molar-refractivity contribution in [3.8, 4) is 0 Å². The van der Waals surface area contributed by atoms with Crippen LogP contribution in [-0.4, -0.2) is 11.1 Å². The van der Waals surface area contributed by atoms with E-state index in [4.69, 9.17) is 0 Å². The first-order valence-electron chi connectivity index (χ1n) is 12.2. The van der Waals surface area contributed by atoms with Gasteiger partial charge in [0, 0.05) is 18.8 Å². The predicted octanol–water partition coefficient (Wildman–Crippen LogP) is 4.39. The SMILES string of the molecule is CCCCCCCCCCCCCCCCCCCCCC(O)=CCC(=O)[O-].[Na+]. The van der Waals surface area contributed by atoms with Crippen LogP contribution in [0, 0.1) is 0 Å². The van der Waals surface area contributed by atoms with Gasteiger partial charge in [0.1, 0.15) is 0 Å². The summed E-state index contributed by atoms with van der Waals surface area (Å²) in [6.45, 7) is 2.28. The van der Waals surface area contributed by atoms with Gasteiger partial charge in [0.25, 0.3) is 0 Å². The normalized spacial score (nSPS) is 11.4. The molecule has 0 bridgehead atoms. The van der Waals surface area contributed by atoms with E-state index in [1.165, 1.54) is 115 Å². The van der Waals surface area contributed by atoms with Crippen molar-refractivity contribution in [3.05, 3.63) is 11.8 Å². The van der Waals surface area contributed by atoms with Crippen LogP contribution in [0.3, 0.4) is 0 Å². The van der Waals surface area contributed by atoms with Crippen LogP contribution in [0.25, 0.3) is 0 Å². The fourth-order valence-electron chi connectivity index (χ4n) is 3.69. The average molecular weight is 419 g/mol. The monoisotopic (exact) mass is 418 g/mol. The fourth-order valence-corrected chi connectivity index (χ4v) is 3.69. The van der Waals surface area contributed by atoms with Crippen LogP contribution in [0.4, 0.5) is 0 Å². The third kappa shape index (κ3) is 28.0. The molecule has 0 unspecified atom stereocenters. The zero-order valence-electron chi connectivity index (χ0n) is 19.7. The van der Waals surface area contributed by atoms with Crippen LogP contribution in [0.2, 0.25) is 0 Å². The van der Waals surface area contributed by atoms with E-state index in [-0.39, 0.29) is 41.7 Å². The van der Waals surface area contributed by atoms with E-state index in [0.29, 0.717) is 6.42 Å². The number of allylic oxidation sites excluding steroid dienone is 1. The molecule has 0 atom stereocenters. The summed E-state index contributed by atoms with van der Waals surface area (Å²) in [4.78, 5) is 10.3. The van der Waals surface area contributed by atoms with Crippen molar-refractivity contribution >= 4 is 5.97 Å². The molecule has 0 rings (SSSR count). The topological polar surface area (TPSA) is 60.4 Å². The minimum absolute atomic E-state index is 0. The number of hydrogen-bond donors (Lipinski definition) is 1. The number of aliphatic carboxylic acids is 1. The molecule has 0 aliphatic carbocycles. The van der Waals surface area contributed by atoms with Crippen molar-refractivity contribution in [3.63, 3.8) is 0 Å². The third-order valence-corrected chi connectivity index (χ3v) is 5.54. The van der Waals surface area contributed by atoms with Crippen molar-refractivity contribution in [1.29, 1.82) is 0 Å².